The van der Waals surface area contributed by atoms with E-state index in [-0.39, 0.29) is 5.91 Å². The average molecular weight is 329 g/mol. The number of H-pyrrole nitrogens is 1. The minimum Gasteiger partial charge on any atom is -0.383 e. The molecule has 0 radical (unpaired) electrons. The highest BCUT2D eigenvalue weighted by molar-refractivity contribution is 5.94. The smallest absolute Gasteiger partial charge is 0.251 e. The highest BCUT2D eigenvalue weighted by atomic mass is 16.5. The van der Waals surface area contributed by atoms with Crippen molar-refractivity contribution in [1.82, 2.24) is 25.8 Å². The molecular weight excluding hydrogens is 306 g/mol. The van der Waals surface area contributed by atoms with Crippen molar-refractivity contribution in [2.45, 2.75) is 18.8 Å². The Labute approximate surface area is 141 Å². The van der Waals surface area contributed by atoms with E-state index in [2.05, 4.69) is 25.8 Å². The van der Waals surface area contributed by atoms with E-state index < -0.39 is 0 Å². The van der Waals surface area contributed by atoms with Crippen LogP contribution in [-0.2, 0) is 4.74 Å². The molecule has 0 atom stereocenters. The van der Waals surface area contributed by atoms with Crippen LogP contribution in [0.15, 0.2) is 24.3 Å². The van der Waals surface area contributed by atoms with Gasteiger partial charge in [-0.3, -0.25) is 9.89 Å². The van der Waals surface area contributed by atoms with Gasteiger partial charge in [0, 0.05) is 43.8 Å². The summed E-state index contributed by atoms with van der Waals surface area (Å²) in [6.07, 6.45) is 2.38. The minimum absolute atomic E-state index is 0.0799. The molecule has 1 fully saturated rings. The zero-order valence-electron chi connectivity index (χ0n) is 13.8. The van der Waals surface area contributed by atoms with E-state index >= 15 is 0 Å². The van der Waals surface area contributed by atoms with Crippen molar-refractivity contribution in [2.24, 2.45) is 0 Å². The normalized spacial score (nSPS) is 13.9. The summed E-state index contributed by atoms with van der Waals surface area (Å²) in [4.78, 5) is 16.6. The number of carbonyl (C=O) groups excluding carboxylic acids is 1. The Kier molecular flexibility index (Phi) is 5.55. The van der Waals surface area contributed by atoms with Gasteiger partial charge in [-0.2, -0.15) is 5.10 Å². The number of hydrogen-bond donors (Lipinski definition) is 3. The first-order valence-electron chi connectivity index (χ1n) is 8.28. The van der Waals surface area contributed by atoms with E-state index in [1.165, 1.54) is 12.8 Å². The lowest BCUT2D eigenvalue weighted by molar-refractivity contribution is 0.0953. The number of carbonyl (C=O) groups is 1. The van der Waals surface area contributed by atoms with Crippen LogP contribution in [0.25, 0.3) is 11.4 Å². The molecule has 3 N–H and O–H groups in total. The first-order chi connectivity index (χ1) is 11.8. The molecule has 128 valence electrons. The number of nitrogens with zero attached hydrogens (tertiary/aromatic N) is 2. The topological polar surface area (TPSA) is 91.9 Å². The standard InChI is InChI=1S/C17H23N5O2/c1-24-11-10-18-8-9-19-17(23)14-6-4-13(5-7-14)16-20-15(21-22-16)12-2-3-12/h4-7,12,18H,2-3,8-11H2,1H3,(H,19,23)(H,20,21,22). The number of methoxy groups -OCH3 is 1. The highest BCUT2D eigenvalue weighted by Crippen LogP contribution is 2.38. The number of ether oxygens (including phenoxy) is 1. The molecule has 1 aliphatic carbocycles. The van der Waals surface area contributed by atoms with Crippen LogP contribution in [0.1, 0.15) is 34.9 Å². The van der Waals surface area contributed by atoms with Crippen molar-refractivity contribution in [2.75, 3.05) is 33.4 Å². The fourth-order valence-electron chi connectivity index (χ4n) is 2.38. The number of amides is 1. The maximum absolute atomic E-state index is 12.1. The summed E-state index contributed by atoms with van der Waals surface area (Å²) in [5, 5.41) is 13.3. The Morgan fingerprint density at radius 3 is 2.75 bits per heavy atom. The molecule has 1 amide bonds. The van der Waals surface area contributed by atoms with Gasteiger partial charge < -0.3 is 15.4 Å². The largest absolute Gasteiger partial charge is 0.383 e. The van der Waals surface area contributed by atoms with Gasteiger partial charge in [-0.1, -0.05) is 12.1 Å². The molecule has 0 bridgehead atoms. The molecule has 1 heterocycles. The molecule has 1 aromatic heterocycles. The Hall–Kier alpha value is -2.25. The van der Waals surface area contributed by atoms with Crippen molar-refractivity contribution in [3.63, 3.8) is 0 Å². The molecule has 2 aromatic rings. The number of rotatable bonds is 9. The summed E-state index contributed by atoms with van der Waals surface area (Å²) in [7, 11) is 1.67. The molecule has 1 aromatic carbocycles. The Morgan fingerprint density at radius 1 is 1.25 bits per heavy atom. The SMILES string of the molecule is COCCNCCNC(=O)c1ccc(-c2n[nH]c(C3CC3)n2)cc1. The van der Waals surface area contributed by atoms with Gasteiger partial charge in [-0.25, -0.2) is 4.98 Å². The lowest BCUT2D eigenvalue weighted by atomic mass is 10.1. The molecule has 24 heavy (non-hydrogen) atoms. The van der Waals surface area contributed by atoms with Crippen LogP contribution in [0, 0.1) is 0 Å². The highest BCUT2D eigenvalue weighted by Gasteiger charge is 2.27. The Morgan fingerprint density at radius 2 is 2.04 bits per heavy atom. The van der Waals surface area contributed by atoms with Gasteiger partial charge in [-0.05, 0) is 25.0 Å². The lowest BCUT2D eigenvalue weighted by Crippen LogP contribution is -2.33. The molecule has 0 unspecified atom stereocenters. The summed E-state index contributed by atoms with van der Waals surface area (Å²) in [6, 6.07) is 7.36. The number of benzene rings is 1. The van der Waals surface area contributed by atoms with Crippen LogP contribution in [0.5, 0.6) is 0 Å². The second-order valence-corrected chi connectivity index (χ2v) is 5.89. The van der Waals surface area contributed by atoms with Crippen LogP contribution in [0.2, 0.25) is 0 Å². The zero-order valence-corrected chi connectivity index (χ0v) is 13.8. The Bertz CT molecular complexity index is 664. The van der Waals surface area contributed by atoms with Crippen molar-refractivity contribution >= 4 is 5.91 Å². The number of nitrogens with one attached hydrogen (secondary N) is 3. The summed E-state index contributed by atoms with van der Waals surface area (Å²) >= 11 is 0. The summed E-state index contributed by atoms with van der Waals surface area (Å²) < 4.78 is 4.94. The third kappa shape index (κ3) is 4.39. The molecule has 1 saturated carbocycles. The van der Waals surface area contributed by atoms with Gasteiger partial charge in [0.05, 0.1) is 6.61 Å². The molecule has 7 heteroatoms. The molecule has 1 aliphatic rings. The fourth-order valence-corrected chi connectivity index (χ4v) is 2.38. The van der Waals surface area contributed by atoms with Crippen molar-refractivity contribution in [1.29, 1.82) is 0 Å². The monoisotopic (exact) mass is 329 g/mol. The number of aromatic nitrogens is 3. The van der Waals surface area contributed by atoms with E-state index in [9.17, 15) is 4.79 Å². The summed E-state index contributed by atoms with van der Waals surface area (Å²) in [5.41, 5.74) is 1.55. The van der Waals surface area contributed by atoms with Gasteiger partial charge in [0.2, 0.25) is 0 Å². The quantitative estimate of drug-likeness (QED) is 0.603. The minimum atomic E-state index is -0.0799. The maximum atomic E-state index is 12.1. The first kappa shape index (κ1) is 16.6. The van der Waals surface area contributed by atoms with Crippen LogP contribution < -0.4 is 10.6 Å². The summed E-state index contributed by atoms with van der Waals surface area (Å²) in [6.45, 7) is 2.74. The Balaban J connectivity index is 1.49. The van der Waals surface area contributed by atoms with Crippen molar-refractivity contribution in [3.8, 4) is 11.4 Å². The second kappa shape index (κ2) is 8.03. The van der Waals surface area contributed by atoms with Gasteiger partial charge in [0.15, 0.2) is 5.82 Å². The molecule has 0 saturated heterocycles. The van der Waals surface area contributed by atoms with Gasteiger partial charge in [-0.15, -0.1) is 0 Å². The molecular formula is C17H23N5O2. The van der Waals surface area contributed by atoms with Crippen LogP contribution >= 0.6 is 0 Å². The van der Waals surface area contributed by atoms with E-state index in [0.29, 0.717) is 37.0 Å². The first-order valence-corrected chi connectivity index (χ1v) is 8.28. The summed E-state index contributed by atoms with van der Waals surface area (Å²) in [5.74, 6) is 2.12. The van der Waals surface area contributed by atoms with Crippen molar-refractivity contribution in [3.05, 3.63) is 35.7 Å². The predicted octanol–water partition coefficient (Wildman–Crippen LogP) is 1.31. The van der Waals surface area contributed by atoms with E-state index in [1.807, 2.05) is 12.1 Å². The van der Waals surface area contributed by atoms with Crippen LogP contribution in [0.4, 0.5) is 0 Å². The number of hydrogen-bond acceptors (Lipinski definition) is 5. The van der Waals surface area contributed by atoms with E-state index in [4.69, 9.17) is 4.74 Å². The van der Waals surface area contributed by atoms with Gasteiger partial charge in [0.25, 0.3) is 5.91 Å². The third-order valence-corrected chi connectivity index (χ3v) is 3.94. The van der Waals surface area contributed by atoms with Gasteiger partial charge >= 0.3 is 0 Å². The predicted molar refractivity (Wildman–Crippen MR) is 90.9 cm³/mol. The molecule has 0 spiro atoms. The van der Waals surface area contributed by atoms with Crippen molar-refractivity contribution < 1.29 is 9.53 Å². The average Bonchev–Trinajstić information content (AvgIpc) is 3.35. The van der Waals surface area contributed by atoms with Crippen LogP contribution in [0.3, 0.4) is 0 Å². The van der Waals surface area contributed by atoms with E-state index in [0.717, 1.165) is 17.9 Å². The molecule has 0 aliphatic heterocycles. The zero-order chi connectivity index (χ0) is 16.8. The second-order valence-electron chi connectivity index (χ2n) is 5.89. The maximum Gasteiger partial charge on any atom is 0.251 e. The van der Waals surface area contributed by atoms with Crippen LogP contribution in [-0.4, -0.2) is 54.4 Å². The lowest BCUT2D eigenvalue weighted by Gasteiger charge is -2.07. The van der Waals surface area contributed by atoms with Gasteiger partial charge in [0.1, 0.15) is 5.82 Å². The third-order valence-electron chi connectivity index (χ3n) is 3.94. The number of aromatic amines is 1. The molecule has 3 rings (SSSR count). The molecule has 7 nitrogen and oxygen atoms in total. The van der Waals surface area contributed by atoms with E-state index in [1.54, 1.807) is 19.2 Å². The fraction of sp³-hybridized carbons (Fsp3) is 0.471.